The van der Waals surface area contributed by atoms with Crippen molar-refractivity contribution >= 4 is 17.5 Å². The van der Waals surface area contributed by atoms with E-state index in [-0.39, 0.29) is 24.2 Å². The first-order chi connectivity index (χ1) is 9.38. The van der Waals surface area contributed by atoms with Crippen molar-refractivity contribution in [1.29, 1.82) is 0 Å². The normalized spacial score (nSPS) is 19.4. The van der Waals surface area contributed by atoms with Gasteiger partial charge in [-0.2, -0.15) is 0 Å². The molecule has 20 heavy (non-hydrogen) atoms. The predicted molar refractivity (Wildman–Crippen MR) is 74.9 cm³/mol. The van der Waals surface area contributed by atoms with Crippen molar-refractivity contribution in [3.8, 4) is 0 Å². The van der Waals surface area contributed by atoms with Crippen molar-refractivity contribution in [3.63, 3.8) is 0 Å². The topological polar surface area (TPSA) is 49.4 Å². The maximum absolute atomic E-state index is 13.3. The fourth-order valence-corrected chi connectivity index (χ4v) is 2.36. The molecular weight excluding hydrogens is 259 g/mol. The van der Waals surface area contributed by atoms with Gasteiger partial charge in [0.15, 0.2) is 0 Å². The summed E-state index contributed by atoms with van der Waals surface area (Å²) in [7, 11) is 0. The minimum Gasteiger partial charge on any atom is -0.343 e. The van der Waals surface area contributed by atoms with Crippen molar-refractivity contribution < 1.29 is 14.0 Å². The molecule has 1 atom stereocenters. The molecule has 5 heteroatoms. The lowest BCUT2D eigenvalue weighted by Gasteiger charge is -2.33. The van der Waals surface area contributed by atoms with Crippen LogP contribution in [-0.2, 0) is 9.59 Å². The zero-order valence-corrected chi connectivity index (χ0v) is 11.9. The summed E-state index contributed by atoms with van der Waals surface area (Å²) in [6, 6.07) is 3.95. The SMILES string of the molecule is Cc1cc(N2CC(=O)NC(CC(C)C)C2=O)ccc1F. The summed E-state index contributed by atoms with van der Waals surface area (Å²) in [5.74, 6) is -0.331. The van der Waals surface area contributed by atoms with Crippen molar-refractivity contribution in [2.45, 2.75) is 33.2 Å². The molecule has 0 saturated carbocycles. The fraction of sp³-hybridized carbons (Fsp3) is 0.467. The molecular formula is C15H19FN2O2. The second-order valence-electron chi connectivity index (χ2n) is 5.61. The number of rotatable bonds is 3. The van der Waals surface area contributed by atoms with Crippen LogP contribution in [-0.4, -0.2) is 24.4 Å². The third-order valence-corrected chi connectivity index (χ3v) is 3.36. The Bertz CT molecular complexity index is 543. The van der Waals surface area contributed by atoms with Gasteiger partial charge in [-0.3, -0.25) is 9.59 Å². The molecule has 108 valence electrons. The van der Waals surface area contributed by atoms with Gasteiger partial charge in [0, 0.05) is 5.69 Å². The van der Waals surface area contributed by atoms with Gasteiger partial charge in [-0.25, -0.2) is 4.39 Å². The van der Waals surface area contributed by atoms with Crippen LogP contribution in [0.25, 0.3) is 0 Å². The Kier molecular flexibility index (Phi) is 4.06. The van der Waals surface area contributed by atoms with E-state index in [0.717, 1.165) is 0 Å². The molecule has 1 fully saturated rings. The number of aryl methyl sites for hydroxylation is 1. The van der Waals surface area contributed by atoms with E-state index in [1.54, 1.807) is 13.0 Å². The number of carbonyl (C=O) groups excluding carboxylic acids is 2. The number of anilines is 1. The Balaban J connectivity index is 2.27. The van der Waals surface area contributed by atoms with Crippen molar-refractivity contribution in [2.24, 2.45) is 5.92 Å². The van der Waals surface area contributed by atoms with Crippen LogP contribution in [0, 0.1) is 18.7 Å². The Morgan fingerprint density at radius 3 is 2.70 bits per heavy atom. The van der Waals surface area contributed by atoms with Gasteiger partial charge in [-0.15, -0.1) is 0 Å². The number of hydrogen-bond acceptors (Lipinski definition) is 2. The quantitative estimate of drug-likeness (QED) is 0.919. The van der Waals surface area contributed by atoms with E-state index in [2.05, 4.69) is 5.32 Å². The lowest BCUT2D eigenvalue weighted by atomic mass is 10.0. The largest absolute Gasteiger partial charge is 0.343 e. The van der Waals surface area contributed by atoms with Gasteiger partial charge in [0.2, 0.25) is 11.8 Å². The molecule has 1 N–H and O–H groups in total. The van der Waals surface area contributed by atoms with E-state index < -0.39 is 6.04 Å². The number of halogens is 1. The molecule has 1 heterocycles. The summed E-state index contributed by atoms with van der Waals surface area (Å²) >= 11 is 0. The number of nitrogens with one attached hydrogen (secondary N) is 1. The number of piperazine rings is 1. The average Bonchev–Trinajstić information content (AvgIpc) is 2.36. The molecule has 0 radical (unpaired) electrons. The molecule has 1 aliphatic rings. The zero-order chi connectivity index (χ0) is 14.9. The summed E-state index contributed by atoms with van der Waals surface area (Å²) in [6.45, 7) is 5.62. The fourth-order valence-electron chi connectivity index (χ4n) is 2.36. The minimum absolute atomic E-state index is 0.0154. The second-order valence-corrected chi connectivity index (χ2v) is 5.61. The monoisotopic (exact) mass is 278 g/mol. The van der Waals surface area contributed by atoms with Crippen LogP contribution in [0.1, 0.15) is 25.8 Å². The van der Waals surface area contributed by atoms with E-state index >= 15 is 0 Å². The standard InChI is InChI=1S/C15H19FN2O2/c1-9(2)6-13-15(20)18(8-14(19)17-13)11-4-5-12(16)10(3)7-11/h4-5,7,9,13H,6,8H2,1-3H3,(H,17,19). The van der Waals surface area contributed by atoms with Crippen molar-refractivity contribution in [2.75, 3.05) is 11.4 Å². The van der Waals surface area contributed by atoms with Gasteiger partial charge in [0.1, 0.15) is 18.4 Å². The van der Waals surface area contributed by atoms with Crippen molar-refractivity contribution in [1.82, 2.24) is 5.32 Å². The van der Waals surface area contributed by atoms with Crippen LogP contribution in [0.5, 0.6) is 0 Å². The molecule has 1 aromatic rings. The van der Waals surface area contributed by atoms with Gasteiger partial charge in [0.25, 0.3) is 0 Å². The van der Waals surface area contributed by atoms with Gasteiger partial charge >= 0.3 is 0 Å². The summed E-state index contributed by atoms with van der Waals surface area (Å²) in [4.78, 5) is 25.6. The number of carbonyl (C=O) groups is 2. The Morgan fingerprint density at radius 1 is 1.40 bits per heavy atom. The van der Waals surface area contributed by atoms with E-state index in [1.165, 1.54) is 17.0 Å². The molecule has 0 bridgehead atoms. The number of benzene rings is 1. The highest BCUT2D eigenvalue weighted by Gasteiger charge is 2.33. The van der Waals surface area contributed by atoms with E-state index in [0.29, 0.717) is 23.6 Å². The molecule has 2 rings (SSSR count). The first-order valence-corrected chi connectivity index (χ1v) is 6.75. The van der Waals surface area contributed by atoms with E-state index in [1.807, 2.05) is 13.8 Å². The molecule has 0 aliphatic carbocycles. The second kappa shape index (κ2) is 5.61. The summed E-state index contributed by atoms with van der Waals surface area (Å²) in [6.07, 6.45) is 0.598. The molecule has 1 unspecified atom stereocenters. The highest BCUT2D eigenvalue weighted by molar-refractivity contribution is 6.06. The number of nitrogens with zero attached hydrogens (tertiary/aromatic N) is 1. The molecule has 0 spiro atoms. The smallest absolute Gasteiger partial charge is 0.250 e. The van der Waals surface area contributed by atoms with E-state index in [4.69, 9.17) is 0 Å². The van der Waals surface area contributed by atoms with Gasteiger partial charge in [-0.05, 0) is 43.0 Å². The molecule has 2 amide bonds. The van der Waals surface area contributed by atoms with Crippen molar-refractivity contribution in [3.05, 3.63) is 29.6 Å². The first-order valence-electron chi connectivity index (χ1n) is 6.75. The van der Waals surface area contributed by atoms with Crippen LogP contribution in [0.3, 0.4) is 0 Å². The van der Waals surface area contributed by atoms with Gasteiger partial charge < -0.3 is 10.2 Å². The third kappa shape index (κ3) is 2.98. The van der Waals surface area contributed by atoms with Crippen LogP contribution < -0.4 is 10.2 Å². The Labute approximate surface area is 118 Å². The lowest BCUT2D eigenvalue weighted by Crippen LogP contribution is -2.58. The molecule has 1 saturated heterocycles. The van der Waals surface area contributed by atoms with Crippen LogP contribution in [0.2, 0.25) is 0 Å². The molecule has 1 aromatic carbocycles. The number of hydrogen-bond donors (Lipinski definition) is 1. The maximum atomic E-state index is 13.3. The van der Waals surface area contributed by atoms with Crippen LogP contribution in [0.15, 0.2) is 18.2 Å². The molecule has 1 aliphatic heterocycles. The zero-order valence-electron chi connectivity index (χ0n) is 11.9. The van der Waals surface area contributed by atoms with Gasteiger partial charge in [0.05, 0.1) is 0 Å². The third-order valence-electron chi connectivity index (χ3n) is 3.36. The van der Waals surface area contributed by atoms with E-state index in [9.17, 15) is 14.0 Å². The highest BCUT2D eigenvalue weighted by Crippen LogP contribution is 2.22. The molecule has 0 aromatic heterocycles. The average molecular weight is 278 g/mol. The minimum atomic E-state index is -0.499. The Morgan fingerprint density at radius 2 is 2.10 bits per heavy atom. The Hall–Kier alpha value is -1.91. The highest BCUT2D eigenvalue weighted by atomic mass is 19.1. The molecule has 4 nitrogen and oxygen atoms in total. The predicted octanol–water partition coefficient (Wildman–Crippen LogP) is 2.01. The summed E-state index contributed by atoms with van der Waals surface area (Å²) in [5.41, 5.74) is 1.03. The van der Waals surface area contributed by atoms with Crippen LogP contribution >= 0.6 is 0 Å². The number of amides is 2. The summed E-state index contributed by atoms with van der Waals surface area (Å²) < 4.78 is 13.3. The first kappa shape index (κ1) is 14.5. The summed E-state index contributed by atoms with van der Waals surface area (Å²) in [5, 5.41) is 2.72. The van der Waals surface area contributed by atoms with Crippen LogP contribution in [0.4, 0.5) is 10.1 Å². The maximum Gasteiger partial charge on any atom is 0.250 e. The lowest BCUT2D eigenvalue weighted by molar-refractivity contribution is -0.131. The van der Waals surface area contributed by atoms with Gasteiger partial charge in [-0.1, -0.05) is 13.8 Å².